The van der Waals surface area contributed by atoms with Gasteiger partial charge in [0.15, 0.2) is 11.5 Å². The Morgan fingerprint density at radius 2 is 1.52 bits per heavy atom. The molecule has 2 aromatic carbocycles. The minimum absolute atomic E-state index is 0.360. The zero-order valence-electron chi connectivity index (χ0n) is 15.9. The van der Waals surface area contributed by atoms with Gasteiger partial charge < -0.3 is 24.3 Å². The lowest BCUT2D eigenvalue weighted by Gasteiger charge is -2.37. The molecule has 1 heterocycles. The molecule has 0 amide bonds. The van der Waals surface area contributed by atoms with Crippen molar-refractivity contribution in [1.82, 2.24) is 5.32 Å². The molecule has 1 saturated heterocycles. The molecule has 1 N–H and O–H groups in total. The first-order valence-electron chi connectivity index (χ1n) is 8.93. The third-order valence-electron chi connectivity index (χ3n) is 4.90. The van der Waals surface area contributed by atoms with E-state index >= 15 is 0 Å². The fourth-order valence-corrected chi connectivity index (χ4v) is 3.46. The van der Waals surface area contributed by atoms with Crippen LogP contribution in [0.15, 0.2) is 42.5 Å². The van der Waals surface area contributed by atoms with Crippen LogP contribution in [0, 0.1) is 0 Å². The fraction of sp³-hybridized carbons (Fsp3) is 0.381. The highest BCUT2D eigenvalue weighted by Gasteiger charge is 2.38. The zero-order valence-corrected chi connectivity index (χ0v) is 15.9. The van der Waals surface area contributed by atoms with Crippen LogP contribution in [0.3, 0.4) is 0 Å². The predicted octanol–water partition coefficient (Wildman–Crippen LogP) is 3.15. The van der Waals surface area contributed by atoms with Gasteiger partial charge in [-0.05, 0) is 30.8 Å². The predicted molar refractivity (Wildman–Crippen MR) is 102 cm³/mol. The summed E-state index contributed by atoms with van der Waals surface area (Å²) in [6.45, 7) is 1.58. The number of carbonyl (C=O) groups is 1. The molecule has 144 valence electrons. The molecule has 1 aliphatic heterocycles. The number of carbonyl (C=O) groups excluding carboxylic acids is 1. The molecule has 6 nitrogen and oxygen atoms in total. The van der Waals surface area contributed by atoms with Crippen molar-refractivity contribution in [2.75, 3.05) is 34.4 Å². The number of hydrogen-bond donors (Lipinski definition) is 1. The maximum atomic E-state index is 13.0. The van der Waals surface area contributed by atoms with Crippen LogP contribution < -0.4 is 19.5 Å². The average Bonchev–Trinajstić information content (AvgIpc) is 2.73. The highest BCUT2D eigenvalue weighted by molar-refractivity contribution is 5.91. The Morgan fingerprint density at radius 3 is 2.04 bits per heavy atom. The van der Waals surface area contributed by atoms with Gasteiger partial charge in [0.05, 0.1) is 26.9 Å². The van der Waals surface area contributed by atoms with Crippen molar-refractivity contribution in [3.63, 3.8) is 0 Å². The summed E-state index contributed by atoms with van der Waals surface area (Å²) in [4.78, 5) is 13.0. The minimum Gasteiger partial charge on any atom is -0.493 e. The van der Waals surface area contributed by atoms with Gasteiger partial charge in [-0.25, -0.2) is 4.79 Å². The number of esters is 1. The van der Waals surface area contributed by atoms with Gasteiger partial charge in [0.1, 0.15) is 5.60 Å². The lowest BCUT2D eigenvalue weighted by atomic mass is 9.84. The van der Waals surface area contributed by atoms with Crippen LogP contribution in [0.1, 0.15) is 28.8 Å². The van der Waals surface area contributed by atoms with Crippen molar-refractivity contribution in [2.24, 2.45) is 0 Å². The summed E-state index contributed by atoms with van der Waals surface area (Å²) < 4.78 is 22.1. The molecule has 1 aliphatic rings. The van der Waals surface area contributed by atoms with Gasteiger partial charge in [-0.1, -0.05) is 30.3 Å². The first-order chi connectivity index (χ1) is 13.1. The molecule has 0 unspecified atom stereocenters. The molecular weight excluding hydrogens is 346 g/mol. The molecule has 0 bridgehead atoms. The van der Waals surface area contributed by atoms with Crippen LogP contribution in [0.25, 0.3) is 0 Å². The van der Waals surface area contributed by atoms with Crippen LogP contribution in [-0.4, -0.2) is 40.4 Å². The summed E-state index contributed by atoms with van der Waals surface area (Å²) in [6, 6.07) is 13.1. The number of rotatable bonds is 6. The van der Waals surface area contributed by atoms with E-state index < -0.39 is 11.6 Å². The van der Waals surface area contributed by atoms with Crippen LogP contribution in [0.4, 0.5) is 0 Å². The van der Waals surface area contributed by atoms with E-state index in [0.29, 0.717) is 35.7 Å². The van der Waals surface area contributed by atoms with Crippen molar-refractivity contribution < 1.29 is 23.7 Å². The van der Waals surface area contributed by atoms with Gasteiger partial charge in [0, 0.05) is 12.8 Å². The zero-order chi connectivity index (χ0) is 19.3. The van der Waals surface area contributed by atoms with E-state index in [2.05, 4.69) is 5.32 Å². The summed E-state index contributed by atoms with van der Waals surface area (Å²) in [6.07, 6.45) is 1.43. The SMILES string of the molecule is COc1cc(C(=O)OC2(c3ccccc3)CCNCC2)cc(OC)c1OC. The molecule has 0 radical (unpaired) electrons. The molecule has 0 atom stereocenters. The molecule has 0 saturated carbocycles. The number of piperidine rings is 1. The van der Waals surface area contributed by atoms with E-state index in [0.717, 1.165) is 18.7 Å². The number of ether oxygens (including phenoxy) is 4. The quantitative estimate of drug-likeness (QED) is 0.787. The van der Waals surface area contributed by atoms with Crippen LogP contribution >= 0.6 is 0 Å². The summed E-state index contributed by atoms with van der Waals surface area (Å²) in [7, 11) is 4.56. The standard InChI is InChI=1S/C21H25NO5/c1-24-17-13-15(14-18(25-2)19(17)26-3)20(23)27-21(9-11-22-12-10-21)16-7-5-4-6-8-16/h4-8,13-14,22H,9-12H2,1-3H3. The third kappa shape index (κ3) is 3.85. The highest BCUT2D eigenvalue weighted by Crippen LogP contribution is 2.40. The van der Waals surface area contributed by atoms with Crippen LogP contribution in [0.2, 0.25) is 0 Å². The van der Waals surface area contributed by atoms with Gasteiger partial charge in [-0.2, -0.15) is 0 Å². The molecule has 0 spiro atoms. The number of nitrogens with one attached hydrogen (secondary N) is 1. The normalized spacial score (nSPS) is 15.7. The largest absolute Gasteiger partial charge is 0.493 e. The molecule has 0 aliphatic carbocycles. The molecule has 6 heteroatoms. The Hall–Kier alpha value is -2.73. The Morgan fingerprint density at radius 1 is 0.926 bits per heavy atom. The van der Waals surface area contributed by atoms with Gasteiger partial charge in [-0.15, -0.1) is 0 Å². The van der Waals surface area contributed by atoms with E-state index in [9.17, 15) is 4.79 Å². The van der Waals surface area contributed by atoms with E-state index in [-0.39, 0.29) is 0 Å². The Balaban J connectivity index is 1.95. The molecule has 27 heavy (non-hydrogen) atoms. The third-order valence-corrected chi connectivity index (χ3v) is 4.90. The van der Waals surface area contributed by atoms with Crippen LogP contribution in [-0.2, 0) is 10.3 Å². The van der Waals surface area contributed by atoms with E-state index in [1.807, 2.05) is 30.3 Å². The van der Waals surface area contributed by atoms with Crippen molar-refractivity contribution in [1.29, 1.82) is 0 Å². The molecule has 3 rings (SSSR count). The van der Waals surface area contributed by atoms with Crippen LogP contribution in [0.5, 0.6) is 17.2 Å². The first kappa shape index (κ1) is 19.0. The molecule has 1 fully saturated rings. The van der Waals surface area contributed by atoms with Crippen molar-refractivity contribution in [3.05, 3.63) is 53.6 Å². The van der Waals surface area contributed by atoms with Crippen molar-refractivity contribution >= 4 is 5.97 Å². The van der Waals surface area contributed by atoms with E-state index in [4.69, 9.17) is 18.9 Å². The maximum Gasteiger partial charge on any atom is 0.339 e. The Labute approximate surface area is 159 Å². The van der Waals surface area contributed by atoms with E-state index in [1.165, 1.54) is 21.3 Å². The van der Waals surface area contributed by atoms with Gasteiger partial charge in [-0.3, -0.25) is 0 Å². The maximum absolute atomic E-state index is 13.0. The fourth-order valence-electron chi connectivity index (χ4n) is 3.46. The molecular formula is C21H25NO5. The van der Waals surface area contributed by atoms with Crippen molar-refractivity contribution in [3.8, 4) is 17.2 Å². The van der Waals surface area contributed by atoms with E-state index in [1.54, 1.807) is 12.1 Å². The average molecular weight is 371 g/mol. The monoisotopic (exact) mass is 371 g/mol. The van der Waals surface area contributed by atoms with Gasteiger partial charge in [0.25, 0.3) is 0 Å². The summed E-state index contributed by atoms with van der Waals surface area (Å²) in [5, 5.41) is 3.33. The second kappa shape index (κ2) is 8.31. The first-order valence-corrected chi connectivity index (χ1v) is 8.93. The van der Waals surface area contributed by atoms with Gasteiger partial charge >= 0.3 is 5.97 Å². The lowest BCUT2D eigenvalue weighted by Crippen LogP contribution is -2.43. The Kier molecular flexibility index (Phi) is 5.86. The topological polar surface area (TPSA) is 66.0 Å². The summed E-state index contributed by atoms with van der Waals surface area (Å²) in [5.41, 5.74) is 0.718. The number of hydrogen-bond acceptors (Lipinski definition) is 6. The highest BCUT2D eigenvalue weighted by atomic mass is 16.6. The Bertz CT molecular complexity index is 759. The number of benzene rings is 2. The summed E-state index contributed by atoms with van der Waals surface area (Å²) >= 11 is 0. The minimum atomic E-state index is -0.649. The van der Waals surface area contributed by atoms with Crippen molar-refractivity contribution in [2.45, 2.75) is 18.4 Å². The second-order valence-corrected chi connectivity index (χ2v) is 6.41. The second-order valence-electron chi connectivity index (χ2n) is 6.41. The summed E-state index contributed by atoms with van der Waals surface area (Å²) in [5.74, 6) is 0.863. The smallest absolute Gasteiger partial charge is 0.339 e. The molecule has 2 aromatic rings. The number of methoxy groups -OCH3 is 3. The molecule has 0 aromatic heterocycles. The van der Waals surface area contributed by atoms with Gasteiger partial charge in [0.2, 0.25) is 5.75 Å². The lowest BCUT2D eigenvalue weighted by molar-refractivity contribution is -0.0379.